The number of carbonyl (C=O) groups excluding carboxylic acids is 1. The first-order valence-corrected chi connectivity index (χ1v) is 7.60. The molecule has 10 heteroatoms. The number of urea groups is 1. The van der Waals surface area contributed by atoms with Crippen molar-refractivity contribution in [3.05, 3.63) is 11.2 Å². The van der Waals surface area contributed by atoms with Crippen LogP contribution in [-0.2, 0) is 6.18 Å². The Kier molecular flexibility index (Phi) is 3.50. The van der Waals surface area contributed by atoms with E-state index in [1.54, 1.807) is 11.9 Å². The van der Waals surface area contributed by atoms with Crippen LogP contribution in [0.15, 0.2) is 6.20 Å². The average Bonchev–Trinajstić information content (AvgIpc) is 3.05. The van der Waals surface area contributed by atoms with Crippen LogP contribution in [0.2, 0.25) is 0 Å². The van der Waals surface area contributed by atoms with Crippen LogP contribution in [0.25, 0.3) is 4.96 Å². The summed E-state index contributed by atoms with van der Waals surface area (Å²) < 4.78 is 39.4. The third kappa shape index (κ3) is 2.31. The highest BCUT2D eigenvalue weighted by atomic mass is 32.1. The molecule has 1 atom stereocenters. The summed E-state index contributed by atoms with van der Waals surface area (Å²) in [5, 5.41) is 2.61. The number of halogens is 3. The molecular formula is C12H14F3N5OS. The molecular weight excluding hydrogens is 319 g/mol. The van der Waals surface area contributed by atoms with E-state index in [9.17, 15) is 18.0 Å². The fraction of sp³-hybridized carbons (Fsp3) is 0.583. The van der Waals surface area contributed by atoms with Gasteiger partial charge in [0, 0.05) is 13.6 Å². The summed E-state index contributed by atoms with van der Waals surface area (Å²) in [4.78, 5) is 19.4. The fourth-order valence-electron chi connectivity index (χ4n) is 2.62. The molecule has 0 saturated carbocycles. The number of hydrogen-bond donors (Lipinski definition) is 0. The molecule has 3 heterocycles. The molecule has 120 valence electrons. The number of aromatic nitrogens is 3. The van der Waals surface area contributed by atoms with E-state index in [1.807, 2.05) is 6.92 Å². The Morgan fingerprint density at radius 3 is 2.82 bits per heavy atom. The molecule has 6 nitrogen and oxygen atoms in total. The molecule has 1 aliphatic heterocycles. The first-order chi connectivity index (χ1) is 10.3. The molecule has 1 saturated heterocycles. The zero-order valence-corrected chi connectivity index (χ0v) is 12.8. The maximum atomic E-state index is 12.8. The summed E-state index contributed by atoms with van der Waals surface area (Å²) in [6.45, 7) is 2.54. The molecule has 2 aromatic heterocycles. The van der Waals surface area contributed by atoms with Crippen molar-refractivity contribution in [2.75, 3.05) is 18.5 Å². The van der Waals surface area contributed by atoms with Crippen molar-refractivity contribution in [1.82, 2.24) is 19.5 Å². The summed E-state index contributed by atoms with van der Waals surface area (Å²) in [7, 11) is 1.67. The Bertz CT molecular complexity index is 709. The lowest BCUT2D eigenvalue weighted by atomic mass is 10.1. The number of anilines is 1. The summed E-state index contributed by atoms with van der Waals surface area (Å²) in [5.74, 6) is 0.287. The van der Waals surface area contributed by atoms with Crippen LogP contribution in [0.4, 0.5) is 23.8 Å². The first kappa shape index (κ1) is 15.1. The van der Waals surface area contributed by atoms with Crippen molar-refractivity contribution in [2.45, 2.75) is 32.0 Å². The van der Waals surface area contributed by atoms with Crippen LogP contribution in [-0.4, -0.2) is 45.2 Å². The van der Waals surface area contributed by atoms with Crippen molar-refractivity contribution in [3.63, 3.8) is 0 Å². The van der Waals surface area contributed by atoms with Gasteiger partial charge in [-0.2, -0.15) is 17.7 Å². The van der Waals surface area contributed by atoms with Crippen LogP contribution < -0.4 is 4.90 Å². The minimum absolute atomic E-state index is 0.0848. The van der Waals surface area contributed by atoms with Crippen molar-refractivity contribution < 1.29 is 18.0 Å². The van der Waals surface area contributed by atoms with Gasteiger partial charge in [-0.3, -0.25) is 4.90 Å². The summed E-state index contributed by atoms with van der Waals surface area (Å²) in [6.07, 6.45) is -1.48. The van der Waals surface area contributed by atoms with Gasteiger partial charge in [-0.1, -0.05) is 24.7 Å². The third-order valence-corrected chi connectivity index (χ3v) is 4.53. The molecule has 3 rings (SSSR count). The van der Waals surface area contributed by atoms with E-state index in [4.69, 9.17) is 0 Å². The Morgan fingerprint density at radius 1 is 1.45 bits per heavy atom. The monoisotopic (exact) mass is 333 g/mol. The average molecular weight is 333 g/mol. The molecule has 1 fully saturated rings. The Labute approximate surface area is 128 Å². The van der Waals surface area contributed by atoms with Gasteiger partial charge in [0.05, 0.1) is 12.2 Å². The van der Waals surface area contributed by atoms with E-state index < -0.39 is 11.2 Å². The number of imidazole rings is 1. The molecule has 2 amide bonds. The van der Waals surface area contributed by atoms with E-state index in [1.165, 1.54) is 11.1 Å². The van der Waals surface area contributed by atoms with Crippen LogP contribution >= 0.6 is 11.3 Å². The lowest BCUT2D eigenvalue weighted by Crippen LogP contribution is -2.35. The van der Waals surface area contributed by atoms with E-state index >= 15 is 0 Å². The first-order valence-electron chi connectivity index (χ1n) is 6.79. The number of amides is 2. The SMILES string of the molecule is CCCC1CN(C)C(=O)N1c1cnc2sc(C(F)(F)F)nn12. The van der Waals surface area contributed by atoms with Crippen LogP contribution in [0, 0.1) is 0 Å². The van der Waals surface area contributed by atoms with Gasteiger partial charge in [-0.25, -0.2) is 9.78 Å². The smallest absolute Gasteiger partial charge is 0.325 e. The number of nitrogens with zero attached hydrogens (tertiary/aromatic N) is 5. The van der Waals surface area contributed by atoms with Gasteiger partial charge in [0.15, 0.2) is 5.82 Å². The number of likely N-dealkylation sites (N-methyl/N-ethyl adjacent to an activating group) is 1. The quantitative estimate of drug-likeness (QED) is 0.868. The molecule has 0 spiro atoms. The Morgan fingerprint density at radius 2 is 2.18 bits per heavy atom. The van der Waals surface area contributed by atoms with Crippen molar-refractivity contribution >= 4 is 28.1 Å². The van der Waals surface area contributed by atoms with Gasteiger partial charge in [-0.05, 0) is 6.42 Å². The van der Waals surface area contributed by atoms with Gasteiger partial charge in [0.2, 0.25) is 9.97 Å². The highest BCUT2D eigenvalue weighted by Crippen LogP contribution is 2.35. The molecule has 2 aromatic rings. The number of fused-ring (bicyclic) bond motifs is 1. The molecule has 0 N–H and O–H groups in total. The molecule has 0 radical (unpaired) electrons. The summed E-state index contributed by atoms with van der Waals surface area (Å²) in [6, 6.07) is -0.333. The van der Waals surface area contributed by atoms with Crippen molar-refractivity contribution in [3.8, 4) is 0 Å². The second-order valence-corrected chi connectivity index (χ2v) is 6.15. The van der Waals surface area contributed by atoms with E-state index in [0.29, 0.717) is 17.9 Å². The van der Waals surface area contributed by atoms with Gasteiger partial charge < -0.3 is 4.90 Å². The standard InChI is InChI=1S/C12H14F3N5OS/c1-3-4-7-6-18(2)11(21)19(7)8-5-16-10-20(8)17-9(22-10)12(13,14)15/h5,7H,3-4,6H2,1-2H3. The Balaban J connectivity index is 2.05. The predicted molar refractivity (Wildman–Crippen MR) is 75.1 cm³/mol. The number of carbonyl (C=O) groups is 1. The van der Waals surface area contributed by atoms with Gasteiger partial charge in [0.1, 0.15) is 0 Å². The topological polar surface area (TPSA) is 53.7 Å². The van der Waals surface area contributed by atoms with Crippen LogP contribution in [0.1, 0.15) is 24.8 Å². The zero-order chi connectivity index (χ0) is 16.1. The lowest BCUT2D eigenvalue weighted by Gasteiger charge is -2.20. The molecule has 0 aromatic carbocycles. The number of hydrogen-bond acceptors (Lipinski definition) is 4. The van der Waals surface area contributed by atoms with Crippen LogP contribution in [0.3, 0.4) is 0 Å². The lowest BCUT2D eigenvalue weighted by molar-refractivity contribution is -0.138. The predicted octanol–water partition coefficient (Wildman–Crippen LogP) is 2.85. The van der Waals surface area contributed by atoms with Crippen molar-refractivity contribution in [2.24, 2.45) is 0 Å². The maximum absolute atomic E-state index is 12.8. The molecule has 0 bridgehead atoms. The maximum Gasteiger partial charge on any atom is 0.445 e. The minimum Gasteiger partial charge on any atom is -0.325 e. The zero-order valence-electron chi connectivity index (χ0n) is 12.0. The Hall–Kier alpha value is -1.84. The molecule has 1 unspecified atom stereocenters. The van der Waals surface area contributed by atoms with Gasteiger partial charge >= 0.3 is 12.2 Å². The normalized spacial score (nSPS) is 19.7. The number of rotatable bonds is 3. The van der Waals surface area contributed by atoms with Crippen LogP contribution in [0.5, 0.6) is 0 Å². The molecule has 0 aliphatic carbocycles. The van der Waals surface area contributed by atoms with Crippen molar-refractivity contribution in [1.29, 1.82) is 0 Å². The number of alkyl halides is 3. The van der Waals surface area contributed by atoms with Gasteiger partial charge in [0.25, 0.3) is 0 Å². The van der Waals surface area contributed by atoms with E-state index in [0.717, 1.165) is 17.4 Å². The second-order valence-electron chi connectivity index (χ2n) is 5.19. The molecule has 22 heavy (non-hydrogen) atoms. The highest BCUT2D eigenvalue weighted by molar-refractivity contribution is 7.16. The fourth-order valence-corrected chi connectivity index (χ4v) is 3.35. The second kappa shape index (κ2) is 5.11. The molecule has 1 aliphatic rings. The highest BCUT2D eigenvalue weighted by Gasteiger charge is 2.40. The van der Waals surface area contributed by atoms with Gasteiger partial charge in [-0.15, -0.1) is 5.10 Å². The summed E-state index contributed by atoms with van der Waals surface area (Å²) >= 11 is 0.465. The largest absolute Gasteiger partial charge is 0.445 e. The minimum atomic E-state index is -4.52. The summed E-state index contributed by atoms with van der Waals surface area (Å²) in [5.41, 5.74) is 0. The van der Waals surface area contributed by atoms with E-state index in [2.05, 4.69) is 10.1 Å². The van der Waals surface area contributed by atoms with E-state index in [-0.39, 0.29) is 22.9 Å². The third-order valence-electron chi connectivity index (χ3n) is 3.56.